The van der Waals surface area contributed by atoms with Gasteiger partial charge in [0.25, 0.3) is 0 Å². The monoisotopic (exact) mass is 245 g/mol. The zero-order valence-electron chi connectivity index (χ0n) is 9.77. The molecule has 0 radical (unpaired) electrons. The van der Waals surface area contributed by atoms with Crippen LogP contribution in [0.25, 0.3) is 0 Å². The molecule has 3 heteroatoms. The minimum atomic E-state index is 0.446. The Morgan fingerprint density at radius 2 is 2.13 bits per heavy atom. The quantitative estimate of drug-likeness (QED) is 0.775. The van der Waals surface area contributed by atoms with Crippen LogP contribution in [0.5, 0.6) is 0 Å². The molecule has 1 N–H and O–H groups in total. The molecule has 1 heterocycles. The Kier molecular flexibility index (Phi) is 5.65. The van der Waals surface area contributed by atoms with Gasteiger partial charge in [0.05, 0.1) is 5.02 Å². The zero-order chi connectivity index (χ0) is 11.3. The van der Waals surface area contributed by atoms with Crippen molar-refractivity contribution in [1.29, 1.82) is 0 Å². The van der Waals surface area contributed by atoms with E-state index in [4.69, 9.17) is 11.6 Å². The fourth-order valence-corrected chi connectivity index (χ4v) is 3.05. The van der Waals surface area contributed by atoms with E-state index in [0.29, 0.717) is 6.04 Å². The van der Waals surface area contributed by atoms with Crippen LogP contribution in [0.2, 0.25) is 5.02 Å². The number of aryl methyl sites for hydroxylation is 1. The molecule has 1 unspecified atom stereocenters. The summed E-state index contributed by atoms with van der Waals surface area (Å²) in [6, 6.07) is 0.446. The Morgan fingerprint density at radius 3 is 2.60 bits per heavy atom. The van der Waals surface area contributed by atoms with E-state index < -0.39 is 0 Å². The van der Waals surface area contributed by atoms with E-state index in [-0.39, 0.29) is 0 Å². The van der Waals surface area contributed by atoms with Crippen molar-refractivity contribution in [2.45, 2.75) is 46.1 Å². The van der Waals surface area contributed by atoms with Crippen LogP contribution in [0.4, 0.5) is 0 Å². The fraction of sp³-hybridized carbons (Fsp3) is 0.667. The summed E-state index contributed by atoms with van der Waals surface area (Å²) in [5, 5.41) is 6.67. The minimum absolute atomic E-state index is 0.446. The van der Waals surface area contributed by atoms with Gasteiger partial charge in [-0.05, 0) is 37.3 Å². The standard InChI is InChI=1S/C12H20ClNS/c1-4-6-10(14-7-5-2)12-11(13)9(3)8-15-12/h8,10,14H,4-7H2,1-3H3. The highest BCUT2D eigenvalue weighted by molar-refractivity contribution is 7.10. The largest absolute Gasteiger partial charge is 0.309 e. The molecule has 1 atom stereocenters. The molecule has 0 bridgehead atoms. The van der Waals surface area contributed by atoms with Gasteiger partial charge in [0.1, 0.15) is 0 Å². The lowest BCUT2D eigenvalue weighted by molar-refractivity contribution is 0.501. The van der Waals surface area contributed by atoms with Gasteiger partial charge in [-0.3, -0.25) is 0 Å². The maximum atomic E-state index is 6.29. The van der Waals surface area contributed by atoms with Crippen molar-refractivity contribution in [3.05, 3.63) is 20.8 Å². The Balaban J connectivity index is 2.74. The molecule has 1 aromatic rings. The molecule has 0 saturated heterocycles. The van der Waals surface area contributed by atoms with E-state index in [1.54, 1.807) is 11.3 Å². The van der Waals surface area contributed by atoms with Crippen LogP contribution in [-0.4, -0.2) is 6.54 Å². The van der Waals surface area contributed by atoms with Gasteiger partial charge in [0, 0.05) is 10.9 Å². The molecule has 15 heavy (non-hydrogen) atoms. The van der Waals surface area contributed by atoms with Crippen LogP contribution in [0, 0.1) is 6.92 Å². The van der Waals surface area contributed by atoms with Gasteiger partial charge >= 0.3 is 0 Å². The molecule has 0 saturated carbocycles. The second-order valence-corrected chi connectivity index (χ2v) is 5.18. The Bertz CT molecular complexity index is 296. The molecule has 1 aromatic heterocycles. The minimum Gasteiger partial charge on any atom is -0.309 e. The van der Waals surface area contributed by atoms with Gasteiger partial charge in [-0.2, -0.15) is 0 Å². The Hall–Kier alpha value is -0.0500. The molecule has 0 spiro atoms. The summed E-state index contributed by atoms with van der Waals surface area (Å²) >= 11 is 8.07. The van der Waals surface area contributed by atoms with Crippen molar-refractivity contribution in [2.75, 3.05) is 6.54 Å². The molecule has 1 rings (SSSR count). The van der Waals surface area contributed by atoms with E-state index in [2.05, 4.69) is 31.5 Å². The molecule has 86 valence electrons. The first-order chi connectivity index (χ1) is 7.20. The highest BCUT2D eigenvalue weighted by atomic mass is 35.5. The average molecular weight is 246 g/mol. The molecule has 0 aliphatic carbocycles. The summed E-state index contributed by atoms with van der Waals surface area (Å²) in [6.07, 6.45) is 3.52. The Labute approximate surface area is 102 Å². The zero-order valence-corrected chi connectivity index (χ0v) is 11.3. The van der Waals surface area contributed by atoms with Crippen molar-refractivity contribution in [1.82, 2.24) is 5.32 Å². The topological polar surface area (TPSA) is 12.0 Å². The maximum Gasteiger partial charge on any atom is 0.0590 e. The van der Waals surface area contributed by atoms with Crippen molar-refractivity contribution >= 4 is 22.9 Å². The molecule has 0 aromatic carbocycles. The normalized spacial score (nSPS) is 13.1. The summed E-state index contributed by atoms with van der Waals surface area (Å²) in [4.78, 5) is 1.31. The van der Waals surface area contributed by atoms with E-state index in [1.165, 1.54) is 29.7 Å². The predicted molar refractivity (Wildman–Crippen MR) is 70.0 cm³/mol. The second-order valence-electron chi connectivity index (χ2n) is 3.89. The average Bonchev–Trinajstić information content (AvgIpc) is 2.55. The lowest BCUT2D eigenvalue weighted by atomic mass is 10.1. The van der Waals surface area contributed by atoms with Crippen LogP contribution < -0.4 is 5.32 Å². The van der Waals surface area contributed by atoms with Gasteiger partial charge < -0.3 is 5.32 Å². The van der Waals surface area contributed by atoms with Crippen LogP contribution >= 0.6 is 22.9 Å². The van der Waals surface area contributed by atoms with Crippen LogP contribution in [0.3, 0.4) is 0 Å². The maximum absolute atomic E-state index is 6.29. The number of hydrogen-bond donors (Lipinski definition) is 1. The van der Waals surface area contributed by atoms with Gasteiger partial charge in [-0.1, -0.05) is 31.9 Å². The number of halogens is 1. The number of hydrogen-bond acceptors (Lipinski definition) is 2. The van der Waals surface area contributed by atoms with Crippen LogP contribution in [0.1, 0.15) is 49.6 Å². The third-order valence-electron chi connectivity index (χ3n) is 2.46. The van der Waals surface area contributed by atoms with E-state index in [0.717, 1.165) is 11.6 Å². The lowest BCUT2D eigenvalue weighted by Crippen LogP contribution is -2.21. The smallest absolute Gasteiger partial charge is 0.0590 e. The summed E-state index contributed by atoms with van der Waals surface area (Å²) in [5.41, 5.74) is 1.20. The number of rotatable bonds is 6. The third kappa shape index (κ3) is 3.47. The van der Waals surface area contributed by atoms with E-state index in [9.17, 15) is 0 Å². The molecule has 0 aliphatic rings. The van der Waals surface area contributed by atoms with Gasteiger partial charge in [0.2, 0.25) is 0 Å². The molecule has 0 amide bonds. The van der Waals surface area contributed by atoms with Crippen molar-refractivity contribution in [3.8, 4) is 0 Å². The highest BCUT2D eigenvalue weighted by Crippen LogP contribution is 2.34. The summed E-state index contributed by atoms with van der Waals surface area (Å²) in [7, 11) is 0. The molecule has 0 fully saturated rings. The molecule has 0 aliphatic heterocycles. The summed E-state index contributed by atoms with van der Waals surface area (Å²) < 4.78 is 0. The second kappa shape index (κ2) is 6.51. The van der Waals surface area contributed by atoms with Crippen molar-refractivity contribution in [2.24, 2.45) is 0 Å². The van der Waals surface area contributed by atoms with E-state index in [1.807, 2.05) is 0 Å². The van der Waals surface area contributed by atoms with E-state index >= 15 is 0 Å². The first-order valence-corrected chi connectivity index (χ1v) is 6.93. The predicted octanol–water partition coefficient (Wildman–Crippen LogP) is 4.55. The first kappa shape index (κ1) is 13.0. The molecule has 1 nitrogen and oxygen atoms in total. The first-order valence-electron chi connectivity index (χ1n) is 5.67. The number of thiophene rings is 1. The van der Waals surface area contributed by atoms with Gasteiger partial charge in [0.15, 0.2) is 0 Å². The highest BCUT2D eigenvalue weighted by Gasteiger charge is 2.16. The van der Waals surface area contributed by atoms with Crippen LogP contribution in [-0.2, 0) is 0 Å². The molecular formula is C12H20ClNS. The van der Waals surface area contributed by atoms with Crippen molar-refractivity contribution in [3.63, 3.8) is 0 Å². The summed E-state index contributed by atoms with van der Waals surface area (Å²) in [6.45, 7) is 7.55. The number of nitrogens with one attached hydrogen (secondary N) is 1. The SMILES string of the molecule is CCCNC(CCC)c1scc(C)c1Cl. The molecular weight excluding hydrogens is 226 g/mol. The summed E-state index contributed by atoms with van der Waals surface area (Å²) in [5.74, 6) is 0. The van der Waals surface area contributed by atoms with Gasteiger partial charge in [-0.15, -0.1) is 11.3 Å². The fourth-order valence-electron chi connectivity index (χ4n) is 1.62. The van der Waals surface area contributed by atoms with Crippen molar-refractivity contribution < 1.29 is 0 Å². The van der Waals surface area contributed by atoms with Crippen LogP contribution in [0.15, 0.2) is 5.38 Å². The third-order valence-corrected chi connectivity index (χ3v) is 4.29. The Morgan fingerprint density at radius 1 is 1.40 bits per heavy atom. The lowest BCUT2D eigenvalue weighted by Gasteiger charge is -2.16. The van der Waals surface area contributed by atoms with Gasteiger partial charge in [-0.25, -0.2) is 0 Å².